The summed E-state index contributed by atoms with van der Waals surface area (Å²) < 4.78 is 5.65. The van der Waals surface area contributed by atoms with Crippen LogP contribution < -0.4 is 0 Å². The van der Waals surface area contributed by atoms with Crippen LogP contribution in [0.25, 0.3) is 0 Å². The molecule has 1 aromatic carbocycles. The van der Waals surface area contributed by atoms with Gasteiger partial charge in [-0.25, -0.2) is 4.79 Å². The maximum Gasteiger partial charge on any atom is 0.328 e. The average Bonchev–Trinajstić information content (AvgIpc) is 3.03. The number of esters is 1. The fraction of sp³-hybridized carbons (Fsp3) is 0.375. The molecule has 24 heavy (non-hydrogen) atoms. The number of hydrogen-bond acceptors (Lipinski definition) is 7. The third-order valence-electron chi connectivity index (χ3n) is 3.87. The van der Waals surface area contributed by atoms with Crippen molar-refractivity contribution >= 4 is 35.0 Å². The molecular formula is C16H17N3O3S2. The molecular weight excluding hydrogens is 346 g/mol. The molecule has 0 unspecified atom stereocenters. The first-order valence-corrected chi connectivity index (χ1v) is 9.25. The number of methoxy groups -OCH3 is 1. The molecule has 126 valence electrons. The fourth-order valence-electron chi connectivity index (χ4n) is 2.67. The van der Waals surface area contributed by atoms with Gasteiger partial charge in [0, 0.05) is 13.0 Å². The van der Waals surface area contributed by atoms with E-state index in [1.807, 2.05) is 31.2 Å². The Morgan fingerprint density at radius 2 is 2.08 bits per heavy atom. The second-order valence-corrected chi connectivity index (χ2v) is 7.81. The molecule has 0 bridgehead atoms. The van der Waals surface area contributed by atoms with Crippen molar-refractivity contribution in [3.63, 3.8) is 0 Å². The van der Waals surface area contributed by atoms with Gasteiger partial charge in [0.1, 0.15) is 11.0 Å². The third-order valence-corrected chi connectivity index (χ3v) is 5.83. The Balaban J connectivity index is 1.75. The molecule has 0 spiro atoms. The van der Waals surface area contributed by atoms with Crippen molar-refractivity contribution in [3.8, 4) is 0 Å². The van der Waals surface area contributed by atoms with Gasteiger partial charge in [-0.3, -0.25) is 4.79 Å². The van der Waals surface area contributed by atoms with Crippen LogP contribution in [-0.2, 0) is 27.3 Å². The van der Waals surface area contributed by atoms with Crippen molar-refractivity contribution < 1.29 is 14.3 Å². The molecule has 1 aliphatic rings. The first-order valence-electron chi connectivity index (χ1n) is 7.45. The van der Waals surface area contributed by atoms with E-state index in [2.05, 4.69) is 10.2 Å². The van der Waals surface area contributed by atoms with Crippen molar-refractivity contribution in [1.29, 1.82) is 0 Å². The molecule has 0 N–H and O–H groups in total. The van der Waals surface area contributed by atoms with Crippen LogP contribution in [-0.4, -0.2) is 45.9 Å². The highest BCUT2D eigenvalue weighted by Crippen LogP contribution is 2.27. The lowest BCUT2D eigenvalue weighted by molar-refractivity contribution is -0.153. The van der Waals surface area contributed by atoms with Crippen LogP contribution in [0.4, 0.5) is 0 Å². The molecule has 2 heterocycles. The molecule has 0 fully saturated rings. The van der Waals surface area contributed by atoms with Crippen molar-refractivity contribution in [3.05, 3.63) is 40.4 Å². The number of fused-ring (bicyclic) bond motifs is 1. The molecule has 0 radical (unpaired) electrons. The largest absolute Gasteiger partial charge is 0.467 e. The van der Waals surface area contributed by atoms with Crippen LogP contribution in [0.1, 0.15) is 16.1 Å². The van der Waals surface area contributed by atoms with E-state index >= 15 is 0 Å². The number of rotatable bonds is 4. The molecule has 1 aromatic heterocycles. The highest BCUT2D eigenvalue weighted by Gasteiger charge is 2.35. The summed E-state index contributed by atoms with van der Waals surface area (Å²) in [4.78, 5) is 26.4. The van der Waals surface area contributed by atoms with Gasteiger partial charge in [0.2, 0.25) is 5.91 Å². The Kier molecular flexibility index (Phi) is 5.15. The summed E-state index contributed by atoms with van der Waals surface area (Å²) in [6.45, 7) is 2.29. The maximum absolute atomic E-state index is 12.7. The topological polar surface area (TPSA) is 72.4 Å². The highest BCUT2D eigenvalue weighted by atomic mass is 32.2. The summed E-state index contributed by atoms with van der Waals surface area (Å²) in [6, 6.07) is 7.29. The predicted molar refractivity (Wildman–Crippen MR) is 91.9 cm³/mol. The van der Waals surface area contributed by atoms with Gasteiger partial charge in [-0.1, -0.05) is 47.4 Å². The van der Waals surface area contributed by atoms with Gasteiger partial charge in [0.05, 0.1) is 12.9 Å². The number of benzene rings is 1. The number of carbonyl (C=O) groups excluding carboxylic acids is 2. The number of ether oxygens (including phenoxy) is 1. The van der Waals surface area contributed by atoms with Gasteiger partial charge in [-0.2, -0.15) is 0 Å². The van der Waals surface area contributed by atoms with Gasteiger partial charge >= 0.3 is 5.97 Å². The molecule has 3 rings (SSSR count). The Hall–Kier alpha value is -1.93. The summed E-state index contributed by atoms with van der Waals surface area (Å²) in [5.74, 6) is -0.253. The van der Waals surface area contributed by atoms with Crippen molar-refractivity contribution in [2.45, 2.75) is 30.3 Å². The number of thioether (sulfide) groups is 1. The smallest absolute Gasteiger partial charge is 0.328 e. The Morgan fingerprint density at radius 3 is 2.75 bits per heavy atom. The number of carbonyl (C=O) groups is 2. The van der Waals surface area contributed by atoms with Gasteiger partial charge in [0.25, 0.3) is 0 Å². The zero-order valence-corrected chi connectivity index (χ0v) is 15.0. The minimum atomic E-state index is -0.575. The van der Waals surface area contributed by atoms with E-state index in [4.69, 9.17) is 4.74 Å². The van der Waals surface area contributed by atoms with Gasteiger partial charge in [-0.15, -0.1) is 10.2 Å². The number of aromatic nitrogens is 2. The summed E-state index contributed by atoms with van der Waals surface area (Å²) >= 11 is 2.80. The third kappa shape index (κ3) is 3.59. The van der Waals surface area contributed by atoms with Crippen LogP contribution in [0.3, 0.4) is 0 Å². The molecule has 0 saturated heterocycles. The summed E-state index contributed by atoms with van der Waals surface area (Å²) in [7, 11) is 1.35. The van der Waals surface area contributed by atoms with E-state index in [1.54, 1.807) is 4.90 Å². The van der Waals surface area contributed by atoms with E-state index in [0.29, 0.717) is 13.0 Å². The monoisotopic (exact) mass is 363 g/mol. The van der Waals surface area contributed by atoms with Crippen molar-refractivity contribution in [2.75, 3.05) is 12.9 Å². The standard InChI is InChI=1S/C16H17N3O3S2/c1-10-17-18-16(24-10)23-9-14(20)19-8-12-6-4-3-5-11(12)7-13(19)15(21)22-2/h3-6,13H,7-9H2,1-2H3/t13-/m0/s1. The number of hydrogen-bond donors (Lipinski definition) is 0. The fourth-order valence-corrected chi connectivity index (χ4v) is 4.38. The van der Waals surface area contributed by atoms with E-state index in [9.17, 15) is 9.59 Å². The predicted octanol–water partition coefficient (Wildman–Crippen LogP) is 2.07. The van der Waals surface area contributed by atoms with E-state index in [1.165, 1.54) is 30.2 Å². The summed E-state index contributed by atoms with van der Waals surface area (Å²) in [6.07, 6.45) is 0.483. The molecule has 0 saturated carbocycles. The van der Waals surface area contributed by atoms with Gasteiger partial charge < -0.3 is 9.64 Å². The first-order chi connectivity index (χ1) is 11.6. The second kappa shape index (κ2) is 7.31. The molecule has 6 nitrogen and oxygen atoms in total. The number of aryl methyl sites for hydroxylation is 1. The zero-order valence-electron chi connectivity index (χ0n) is 13.4. The SMILES string of the molecule is COC(=O)[C@@H]1Cc2ccccc2CN1C(=O)CSc1nnc(C)s1. The highest BCUT2D eigenvalue weighted by molar-refractivity contribution is 8.01. The summed E-state index contributed by atoms with van der Waals surface area (Å²) in [5, 5.41) is 8.82. The van der Waals surface area contributed by atoms with Crippen LogP contribution in [0, 0.1) is 6.92 Å². The molecule has 1 atom stereocenters. The molecule has 8 heteroatoms. The maximum atomic E-state index is 12.7. The lowest BCUT2D eigenvalue weighted by atomic mass is 9.94. The van der Waals surface area contributed by atoms with E-state index < -0.39 is 6.04 Å². The van der Waals surface area contributed by atoms with Crippen molar-refractivity contribution in [2.24, 2.45) is 0 Å². The number of amides is 1. The van der Waals surface area contributed by atoms with Gasteiger partial charge in [0.15, 0.2) is 4.34 Å². The Bertz CT molecular complexity index is 763. The minimum Gasteiger partial charge on any atom is -0.467 e. The van der Waals surface area contributed by atoms with Crippen molar-refractivity contribution in [1.82, 2.24) is 15.1 Å². The van der Waals surface area contributed by atoms with Crippen LogP contribution in [0.15, 0.2) is 28.6 Å². The molecule has 1 aliphatic heterocycles. The van der Waals surface area contributed by atoms with E-state index in [-0.39, 0.29) is 17.6 Å². The quantitative estimate of drug-likeness (QED) is 0.612. The molecule has 2 aromatic rings. The average molecular weight is 363 g/mol. The van der Waals surface area contributed by atoms with E-state index in [0.717, 1.165) is 20.5 Å². The van der Waals surface area contributed by atoms with Crippen LogP contribution in [0.5, 0.6) is 0 Å². The zero-order chi connectivity index (χ0) is 17.1. The lowest BCUT2D eigenvalue weighted by Crippen LogP contribution is -2.49. The minimum absolute atomic E-state index is 0.0993. The van der Waals surface area contributed by atoms with Crippen LogP contribution >= 0.6 is 23.1 Å². The first kappa shape index (κ1) is 16.9. The second-order valence-electron chi connectivity index (χ2n) is 5.41. The van der Waals surface area contributed by atoms with Crippen LogP contribution in [0.2, 0.25) is 0 Å². The van der Waals surface area contributed by atoms with Gasteiger partial charge in [-0.05, 0) is 18.1 Å². The normalized spacial score (nSPS) is 16.6. The molecule has 1 amide bonds. The summed E-state index contributed by atoms with van der Waals surface area (Å²) in [5.41, 5.74) is 2.16. The Morgan fingerprint density at radius 1 is 1.33 bits per heavy atom. The number of nitrogens with zero attached hydrogens (tertiary/aromatic N) is 3. The lowest BCUT2D eigenvalue weighted by Gasteiger charge is -2.35. The Labute approximate surface area is 148 Å². The molecule has 0 aliphatic carbocycles.